The van der Waals surface area contributed by atoms with Gasteiger partial charge in [-0.1, -0.05) is 35.0 Å². The van der Waals surface area contributed by atoms with E-state index in [1.165, 1.54) is 16.9 Å². The maximum Gasteiger partial charge on any atom is 0.244 e. The van der Waals surface area contributed by atoms with Crippen molar-refractivity contribution in [2.75, 3.05) is 31.5 Å². The van der Waals surface area contributed by atoms with Crippen molar-refractivity contribution >= 4 is 22.4 Å². The molecule has 2 unspecified atom stereocenters. The lowest BCUT2D eigenvalue weighted by Gasteiger charge is -2.38. The molecule has 1 amide bonds. The van der Waals surface area contributed by atoms with Gasteiger partial charge in [0.2, 0.25) is 17.6 Å². The van der Waals surface area contributed by atoms with Gasteiger partial charge < -0.3 is 9.84 Å². The van der Waals surface area contributed by atoms with E-state index < -0.39 is 0 Å². The normalized spacial score (nSPS) is 17.6. The lowest BCUT2D eigenvalue weighted by atomic mass is 10.1. The van der Waals surface area contributed by atoms with Crippen LogP contribution in [0.4, 0.5) is 5.13 Å². The molecule has 3 heterocycles. The summed E-state index contributed by atoms with van der Waals surface area (Å²) in [5.41, 5.74) is 2.15. The van der Waals surface area contributed by atoms with Gasteiger partial charge in [0.1, 0.15) is 0 Å². The number of rotatable bonds is 6. The number of amides is 1. The van der Waals surface area contributed by atoms with E-state index in [0.29, 0.717) is 16.8 Å². The number of hydrogen-bond donors (Lipinski definition) is 1. The number of nitrogens with zero attached hydrogens (tertiary/aromatic N) is 5. The summed E-state index contributed by atoms with van der Waals surface area (Å²) in [6.07, 6.45) is 1.69. The van der Waals surface area contributed by atoms with E-state index in [2.05, 4.69) is 44.1 Å². The molecule has 2 aromatic heterocycles. The van der Waals surface area contributed by atoms with Gasteiger partial charge in [-0.05, 0) is 20.8 Å². The third-order valence-electron chi connectivity index (χ3n) is 5.60. The van der Waals surface area contributed by atoms with Gasteiger partial charge in [-0.15, -0.1) is 11.3 Å². The van der Waals surface area contributed by atoms with Crippen LogP contribution in [0.25, 0.3) is 11.4 Å². The number of thiazole rings is 1. The van der Waals surface area contributed by atoms with Crippen LogP contribution in [0.2, 0.25) is 0 Å². The average Bonchev–Trinajstić information content (AvgIpc) is 3.46. The molecule has 1 aliphatic heterocycles. The first-order valence-corrected chi connectivity index (χ1v) is 11.0. The second-order valence-corrected chi connectivity index (χ2v) is 8.47. The number of piperazine rings is 1. The van der Waals surface area contributed by atoms with E-state index in [1.54, 1.807) is 6.20 Å². The van der Waals surface area contributed by atoms with E-state index in [-0.39, 0.29) is 18.0 Å². The summed E-state index contributed by atoms with van der Waals surface area (Å²) in [4.78, 5) is 25.7. The highest BCUT2D eigenvalue weighted by atomic mass is 32.1. The molecule has 0 saturated carbocycles. The maximum atomic E-state index is 12.5. The molecular formula is C21H26N6O2S. The van der Waals surface area contributed by atoms with Gasteiger partial charge in [0.05, 0.1) is 12.1 Å². The predicted octanol–water partition coefficient (Wildman–Crippen LogP) is 3.21. The Labute approximate surface area is 179 Å². The highest BCUT2D eigenvalue weighted by Gasteiger charge is 2.30. The number of carbonyl (C=O) groups is 1. The zero-order valence-corrected chi connectivity index (χ0v) is 18.2. The molecule has 0 spiro atoms. The van der Waals surface area contributed by atoms with Gasteiger partial charge in [0.15, 0.2) is 5.13 Å². The van der Waals surface area contributed by atoms with Crippen molar-refractivity contribution in [2.45, 2.75) is 32.9 Å². The van der Waals surface area contributed by atoms with Gasteiger partial charge in [-0.3, -0.25) is 14.6 Å². The number of nitrogens with one attached hydrogen (secondary N) is 1. The summed E-state index contributed by atoms with van der Waals surface area (Å²) < 4.78 is 5.55. The number of aryl methyl sites for hydroxylation is 1. The molecule has 2 atom stereocenters. The van der Waals surface area contributed by atoms with E-state index in [1.807, 2.05) is 36.6 Å². The molecule has 9 heteroatoms. The van der Waals surface area contributed by atoms with Crippen LogP contribution in [-0.4, -0.2) is 63.1 Å². The van der Waals surface area contributed by atoms with Crippen molar-refractivity contribution in [3.63, 3.8) is 0 Å². The number of aromatic nitrogens is 3. The van der Waals surface area contributed by atoms with Gasteiger partial charge in [-0.25, -0.2) is 4.98 Å². The van der Waals surface area contributed by atoms with Gasteiger partial charge in [-0.2, -0.15) is 4.98 Å². The number of carbonyl (C=O) groups excluding carboxylic acids is 1. The molecule has 0 aliphatic carbocycles. The monoisotopic (exact) mass is 426 g/mol. The minimum Gasteiger partial charge on any atom is -0.337 e. The molecule has 1 saturated heterocycles. The first-order valence-electron chi connectivity index (χ1n) is 10.1. The molecule has 1 aliphatic rings. The molecular weight excluding hydrogens is 400 g/mol. The SMILES string of the molecule is Cc1ccc(-c2noc(C(C)N3CCN(C(C)C(=O)Nc4nccs4)CC3)n2)cc1. The lowest BCUT2D eigenvalue weighted by Crippen LogP contribution is -2.53. The van der Waals surface area contributed by atoms with Crippen LogP contribution < -0.4 is 5.32 Å². The summed E-state index contributed by atoms with van der Waals surface area (Å²) in [5, 5.41) is 9.52. The Balaban J connectivity index is 1.32. The van der Waals surface area contributed by atoms with E-state index >= 15 is 0 Å². The van der Waals surface area contributed by atoms with Crippen LogP contribution in [0.3, 0.4) is 0 Å². The lowest BCUT2D eigenvalue weighted by molar-refractivity contribution is -0.121. The maximum absolute atomic E-state index is 12.5. The molecule has 1 aromatic carbocycles. The molecule has 1 N–H and O–H groups in total. The average molecular weight is 427 g/mol. The van der Waals surface area contributed by atoms with Crippen LogP contribution in [0, 0.1) is 6.92 Å². The fourth-order valence-corrected chi connectivity index (χ4v) is 4.09. The predicted molar refractivity (Wildman–Crippen MR) is 116 cm³/mol. The quantitative estimate of drug-likeness (QED) is 0.647. The second-order valence-electron chi connectivity index (χ2n) is 7.57. The van der Waals surface area contributed by atoms with Gasteiger partial charge in [0, 0.05) is 43.3 Å². The second kappa shape index (κ2) is 9.03. The van der Waals surface area contributed by atoms with Crippen molar-refractivity contribution in [2.24, 2.45) is 0 Å². The Morgan fingerprint density at radius 1 is 1.13 bits per heavy atom. The van der Waals surface area contributed by atoms with Crippen molar-refractivity contribution in [1.82, 2.24) is 24.9 Å². The first-order chi connectivity index (χ1) is 14.5. The summed E-state index contributed by atoms with van der Waals surface area (Å²) >= 11 is 1.43. The molecule has 8 nitrogen and oxygen atoms in total. The summed E-state index contributed by atoms with van der Waals surface area (Å²) in [6.45, 7) is 9.34. The molecule has 1 fully saturated rings. The van der Waals surface area contributed by atoms with Crippen LogP contribution >= 0.6 is 11.3 Å². The highest BCUT2D eigenvalue weighted by molar-refractivity contribution is 7.13. The Morgan fingerprint density at radius 2 is 1.83 bits per heavy atom. The Morgan fingerprint density at radius 3 is 2.50 bits per heavy atom. The zero-order valence-electron chi connectivity index (χ0n) is 17.4. The summed E-state index contributed by atoms with van der Waals surface area (Å²) in [5.74, 6) is 1.21. The minimum absolute atomic E-state index is 0.0221. The number of hydrogen-bond acceptors (Lipinski definition) is 8. The van der Waals surface area contributed by atoms with E-state index in [4.69, 9.17) is 4.52 Å². The Hall–Kier alpha value is -2.62. The molecule has 0 bridgehead atoms. The van der Waals surface area contributed by atoms with E-state index in [0.717, 1.165) is 31.7 Å². The van der Waals surface area contributed by atoms with Crippen LogP contribution in [0.1, 0.15) is 31.3 Å². The fourth-order valence-electron chi connectivity index (χ4n) is 3.55. The standard InChI is InChI=1S/C21H26N6O2S/c1-14-4-6-17(7-5-14)18-23-20(29-25-18)16(3)27-11-9-26(10-12-27)15(2)19(28)24-21-22-8-13-30-21/h4-8,13,15-16H,9-12H2,1-3H3,(H,22,24,28). The Kier molecular flexibility index (Phi) is 6.21. The number of anilines is 1. The molecule has 30 heavy (non-hydrogen) atoms. The summed E-state index contributed by atoms with van der Waals surface area (Å²) in [7, 11) is 0. The number of benzene rings is 1. The fraction of sp³-hybridized carbons (Fsp3) is 0.429. The van der Waals surface area contributed by atoms with Crippen molar-refractivity contribution < 1.29 is 9.32 Å². The molecule has 0 radical (unpaired) electrons. The van der Waals surface area contributed by atoms with Gasteiger partial charge >= 0.3 is 0 Å². The van der Waals surface area contributed by atoms with Crippen molar-refractivity contribution in [3.8, 4) is 11.4 Å². The largest absolute Gasteiger partial charge is 0.337 e. The molecule has 158 valence electrons. The minimum atomic E-state index is -0.206. The third-order valence-corrected chi connectivity index (χ3v) is 6.28. The van der Waals surface area contributed by atoms with E-state index in [9.17, 15) is 4.79 Å². The highest BCUT2D eigenvalue weighted by Crippen LogP contribution is 2.24. The topological polar surface area (TPSA) is 87.4 Å². The molecule has 3 aromatic rings. The molecule has 4 rings (SSSR count). The summed E-state index contributed by atoms with van der Waals surface area (Å²) in [6, 6.07) is 7.91. The zero-order chi connectivity index (χ0) is 21.1. The van der Waals surface area contributed by atoms with Crippen LogP contribution in [0.15, 0.2) is 40.4 Å². The third kappa shape index (κ3) is 4.58. The smallest absolute Gasteiger partial charge is 0.244 e. The van der Waals surface area contributed by atoms with Gasteiger partial charge in [0.25, 0.3) is 0 Å². The van der Waals surface area contributed by atoms with Crippen molar-refractivity contribution in [1.29, 1.82) is 0 Å². The first kappa shape index (κ1) is 20.6. The van der Waals surface area contributed by atoms with Crippen LogP contribution in [0.5, 0.6) is 0 Å². The van der Waals surface area contributed by atoms with Crippen LogP contribution in [-0.2, 0) is 4.79 Å². The van der Waals surface area contributed by atoms with Crippen molar-refractivity contribution in [3.05, 3.63) is 47.3 Å². The Bertz CT molecular complexity index is 964.